The number of ether oxygens (including phenoxy) is 1. The number of rotatable bonds is 3. The minimum atomic E-state index is 0.0642. The average molecular weight is 150 g/mol. The standard InChI is InChI=1S/C8H10N2O/c1-4-8(11-5-2)7(6-9)10-3/h4-5H2,1-2H3. The number of nitriles is 1. The van der Waals surface area contributed by atoms with E-state index in [9.17, 15) is 0 Å². The molecule has 0 fully saturated rings. The maximum atomic E-state index is 8.45. The van der Waals surface area contributed by atoms with Gasteiger partial charge in [0.1, 0.15) is 5.76 Å². The van der Waals surface area contributed by atoms with Gasteiger partial charge < -0.3 is 4.74 Å². The van der Waals surface area contributed by atoms with Crippen LogP contribution in [0.3, 0.4) is 0 Å². The lowest BCUT2D eigenvalue weighted by molar-refractivity contribution is 0.219. The third-order valence-electron chi connectivity index (χ3n) is 1.12. The van der Waals surface area contributed by atoms with Gasteiger partial charge in [-0.25, -0.2) is 10.1 Å². The van der Waals surface area contributed by atoms with E-state index in [1.807, 2.05) is 13.8 Å². The van der Waals surface area contributed by atoms with Crippen molar-refractivity contribution in [3.8, 4) is 6.07 Å². The second kappa shape index (κ2) is 5.32. The second-order valence-corrected chi connectivity index (χ2v) is 1.78. The summed E-state index contributed by atoms with van der Waals surface area (Å²) in [5, 5.41) is 8.45. The van der Waals surface area contributed by atoms with Crippen molar-refractivity contribution < 1.29 is 4.74 Å². The molecule has 3 heteroatoms. The summed E-state index contributed by atoms with van der Waals surface area (Å²) in [4.78, 5) is 3.04. The van der Waals surface area contributed by atoms with Gasteiger partial charge in [-0.3, -0.25) is 0 Å². The zero-order chi connectivity index (χ0) is 8.69. The topological polar surface area (TPSA) is 37.4 Å². The zero-order valence-corrected chi connectivity index (χ0v) is 6.72. The Bertz CT molecular complexity index is 213. The first-order chi connectivity index (χ1) is 5.29. The number of hydrogen-bond acceptors (Lipinski definition) is 2. The van der Waals surface area contributed by atoms with Gasteiger partial charge in [0.2, 0.25) is 0 Å². The van der Waals surface area contributed by atoms with E-state index in [4.69, 9.17) is 16.6 Å². The molecule has 0 rings (SSSR count). The van der Waals surface area contributed by atoms with Crippen LogP contribution in [0.15, 0.2) is 11.5 Å². The summed E-state index contributed by atoms with van der Waals surface area (Å²) in [6.45, 7) is 10.8. The Morgan fingerprint density at radius 1 is 1.64 bits per heavy atom. The minimum Gasteiger partial charge on any atom is -0.508 e. The highest BCUT2D eigenvalue weighted by molar-refractivity contribution is 5.30. The van der Waals surface area contributed by atoms with E-state index in [1.54, 1.807) is 6.07 Å². The van der Waals surface area contributed by atoms with Crippen molar-refractivity contribution in [2.45, 2.75) is 20.3 Å². The lowest BCUT2D eigenvalue weighted by Crippen LogP contribution is -1.92. The van der Waals surface area contributed by atoms with E-state index in [1.165, 1.54) is 0 Å². The fourth-order valence-electron chi connectivity index (χ4n) is 0.662. The molecule has 0 aromatic carbocycles. The SMILES string of the molecule is [C-]#[N+]C(C#N)=C(CC)OCC. The quantitative estimate of drug-likeness (QED) is 0.351. The largest absolute Gasteiger partial charge is 0.508 e. The van der Waals surface area contributed by atoms with Gasteiger partial charge in [0.15, 0.2) is 0 Å². The van der Waals surface area contributed by atoms with Gasteiger partial charge >= 0.3 is 0 Å². The first-order valence-corrected chi connectivity index (χ1v) is 3.43. The predicted molar refractivity (Wildman–Crippen MR) is 41.2 cm³/mol. The monoisotopic (exact) mass is 150 g/mol. The summed E-state index contributed by atoms with van der Waals surface area (Å²) < 4.78 is 5.08. The predicted octanol–water partition coefficient (Wildman–Crippen LogP) is 2.09. The fourth-order valence-corrected chi connectivity index (χ4v) is 0.662. The maximum absolute atomic E-state index is 8.45. The first-order valence-electron chi connectivity index (χ1n) is 3.43. The number of allylic oxidation sites excluding steroid dienone is 2. The number of hydrogen-bond donors (Lipinski definition) is 0. The highest BCUT2D eigenvalue weighted by Gasteiger charge is 2.03. The van der Waals surface area contributed by atoms with Gasteiger partial charge in [-0.15, -0.1) is 0 Å². The molecular weight excluding hydrogens is 140 g/mol. The molecule has 0 amide bonds. The molecular formula is C8H10N2O. The van der Waals surface area contributed by atoms with E-state index in [0.29, 0.717) is 18.8 Å². The molecule has 0 aromatic rings. The van der Waals surface area contributed by atoms with Gasteiger partial charge in [-0.2, -0.15) is 0 Å². The molecule has 0 spiro atoms. The van der Waals surface area contributed by atoms with Crippen molar-refractivity contribution in [2.24, 2.45) is 0 Å². The van der Waals surface area contributed by atoms with Gasteiger partial charge in [0.05, 0.1) is 19.2 Å². The van der Waals surface area contributed by atoms with Crippen LogP contribution in [0.25, 0.3) is 4.85 Å². The lowest BCUT2D eigenvalue weighted by atomic mass is 10.3. The Hall–Kier alpha value is -1.48. The van der Waals surface area contributed by atoms with Crippen molar-refractivity contribution >= 4 is 0 Å². The molecule has 0 aromatic heterocycles. The van der Waals surface area contributed by atoms with Crippen molar-refractivity contribution in [2.75, 3.05) is 6.61 Å². The van der Waals surface area contributed by atoms with Gasteiger partial charge in [0, 0.05) is 0 Å². The highest BCUT2D eigenvalue weighted by atomic mass is 16.5. The van der Waals surface area contributed by atoms with Gasteiger partial charge in [0.25, 0.3) is 5.70 Å². The Labute approximate surface area is 66.7 Å². The molecule has 11 heavy (non-hydrogen) atoms. The minimum absolute atomic E-state index is 0.0642. The molecule has 0 aliphatic heterocycles. The Morgan fingerprint density at radius 3 is 2.55 bits per heavy atom. The molecule has 3 nitrogen and oxygen atoms in total. The van der Waals surface area contributed by atoms with E-state index in [2.05, 4.69) is 4.85 Å². The molecule has 0 saturated heterocycles. The molecule has 0 aliphatic carbocycles. The van der Waals surface area contributed by atoms with Crippen LogP contribution in [0, 0.1) is 17.9 Å². The first kappa shape index (κ1) is 9.52. The molecule has 0 unspecified atom stereocenters. The van der Waals surface area contributed by atoms with E-state index in [-0.39, 0.29) is 5.70 Å². The van der Waals surface area contributed by atoms with E-state index < -0.39 is 0 Å². The maximum Gasteiger partial charge on any atom is 0.298 e. The number of nitrogens with zero attached hydrogens (tertiary/aromatic N) is 2. The smallest absolute Gasteiger partial charge is 0.298 e. The van der Waals surface area contributed by atoms with Crippen molar-refractivity contribution in [1.82, 2.24) is 0 Å². The summed E-state index contributed by atoms with van der Waals surface area (Å²) >= 11 is 0. The van der Waals surface area contributed by atoms with E-state index >= 15 is 0 Å². The summed E-state index contributed by atoms with van der Waals surface area (Å²) in [5.41, 5.74) is 0.0642. The van der Waals surface area contributed by atoms with Crippen LogP contribution in [0.5, 0.6) is 0 Å². The molecule has 0 bridgehead atoms. The van der Waals surface area contributed by atoms with Crippen LogP contribution in [-0.4, -0.2) is 6.61 Å². The lowest BCUT2D eigenvalue weighted by Gasteiger charge is -2.04. The summed E-state index contributed by atoms with van der Waals surface area (Å²) in [5.74, 6) is 0.491. The van der Waals surface area contributed by atoms with Crippen molar-refractivity contribution in [3.63, 3.8) is 0 Å². The van der Waals surface area contributed by atoms with Crippen molar-refractivity contribution in [1.29, 1.82) is 5.26 Å². The molecule has 0 atom stereocenters. The second-order valence-electron chi connectivity index (χ2n) is 1.78. The van der Waals surface area contributed by atoms with Gasteiger partial charge in [-0.1, -0.05) is 6.92 Å². The molecule has 0 N–H and O–H groups in total. The van der Waals surface area contributed by atoms with Crippen LogP contribution < -0.4 is 0 Å². The molecule has 0 aliphatic rings. The molecule has 0 saturated carbocycles. The highest BCUT2D eigenvalue weighted by Crippen LogP contribution is 2.10. The van der Waals surface area contributed by atoms with E-state index in [0.717, 1.165) is 0 Å². The average Bonchev–Trinajstić information content (AvgIpc) is 2.05. The third kappa shape index (κ3) is 2.73. The summed E-state index contributed by atoms with van der Waals surface area (Å²) in [6.07, 6.45) is 0.596. The van der Waals surface area contributed by atoms with Crippen LogP contribution in [0.4, 0.5) is 0 Å². The van der Waals surface area contributed by atoms with Crippen molar-refractivity contribution in [3.05, 3.63) is 22.9 Å². The Balaban J connectivity index is 4.55. The normalized spacial score (nSPS) is 10.9. The fraction of sp³-hybridized carbons (Fsp3) is 0.500. The molecule has 0 radical (unpaired) electrons. The molecule has 58 valence electrons. The van der Waals surface area contributed by atoms with Crippen LogP contribution >= 0.6 is 0 Å². The van der Waals surface area contributed by atoms with Crippen LogP contribution in [-0.2, 0) is 4.74 Å². The Kier molecular flexibility index (Phi) is 4.60. The van der Waals surface area contributed by atoms with Gasteiger partial charge in [-0.05, 0) is 13.3 Å². The van der Waals surface area contributed by atoms with Crippen LogP contribution in [0.2, 0.25) is 0 Å². The zero-order valence-electron chi connectivity index (χ0n) is 6.72. The summed E-state index contributed by atoms with van der Waals surface area (Å²) in [6, 6.07) is 1.79. The third-order valence-corrected chi connectivity index (χ3v) is 1.12. The molecule has 0 heterocycles. The summed E-state index contributed by atoms with van der Waals surface area (Å²) in [7, 11) is 0. The Morgan fingerprint density at radius 2 is 2.27 bits per heavy atom. The van der Waals surface area contributed by atoms with Crippen LogP contribution in [0.1, 0.15) is 20.3 Å².